The van der Waals surface area contributed by atoms with Crippen molar-refractivity contribution >= 4 is 32.3 Å². The maximum Gasteiger partial charge on any atom is 0.262 e. The highest BCUT2D eigenvalue weighted by molar-refractivity contribution is 7.18. The second-order valence-electron chi connectivity index (χ2n) is 10.0. The zero-order chi connectivity index (χ0) is 23.4. The van der Waals surface area contributed by atoms with Crippen LogP contribution in [0, 0.1) is 0 Å². The molecule has 3 aromatic carbocycles. The van der Waals surface area contributed by atoms with Gasteiger partial charge in [0.25, 0.3) is 5.56 Å². The molecule has 4 nitrogen and oxygen atoms in total. The molecule has 2 aliphatic carbocycles. The molecule has 1 N–H and O–H groups in total. The first-order chi connectivity index (χ1) is 17.2. The molecule has 1 atom stereocenters. The molecule has 0 bridgehead atoms. The van der Waals surface area contributed by atoms with Gasteiger partial charge in [-0.15, -0.1) is 11.3 Å². The summed E-state index contributed by atoms with van der Waals surface area (Å²) in [5, 5.41) is 7.19. The molecule has 2 heterocycles. The lowest BCUT2D eigenvalue weighted by Gasteiger charge is -2.26. The first kappa shape index (κ1) is 21.0. The maximum absolute atomic E-state index is 13.5. The van der Waals surface area contributed by atoms with E-state index in [4.69, 9.17) is 4.98 Å². The number of aromatic nitrogens is 2. The first-order valence-corrected chi connectivity index (χ1v) is 13.3. The summed E-state index contributed by atoms with van der Waals surface area (Å²) in [5.74, 6) is 0. The molecule has 5 aromatic rings. The lowest BCUT2D eigenvalue weighted by atomic mass is 9.92. The SMILES string of the molecule is O=c1c2c3c(sc2ncn1Cc1ccc2ccccc2c1)CC(NC1Cc2ccccc2C1)CC3. The molecule has 0 amide bonds. The molecule has 1 unspecified atom stereocenters. The zero-order valence-electron chi connectivity index (χ0n) is 19.5. The Labute approximate surface area is 208 Å². The summed E-state index contributed by atoms with van der Waals surface area (Å²) < 4.78 is 1.78. The fourth-order valence-electron chi connectivity index (χ4n) is 6.00. The fourth-order valence-corrected chi connectivity index (χ4v) is 7.26. The molecule has 2 aromatic heterocycles. The number of hydrogen-bond donors (Lipinski definition) is 1. The van der Waals surface area contributed by atoms with E-state index in [1.807, 2.05) is 0 Å². The molecule has 0 saturated heterocycles. The van der Waals surface area contributed by atoms with E-state index in [1.54, 1.807) is 22.2 Å². The number of fused-ring (bicyclic) bond motifs is 5. The van der Waals surface area contributed by atoms with Gasteiger partial charge in [0.1, 0.15) is 4.83 Å². The van der Waals surface area contributed by atoms with Gasteiger partial charge in [0.05, 0.1) is 18.3 Å². The predicted molar refractivity (Wildman–Crippen MR) is 144 cm³/mol. The van der Waals surface area contributed by atoms with Crippen LogP contribution in [-0.2, 0) is 32.2 Å². The van der Waals surface area contributed by atoms with Crippen LogP contribution in [0.15, 0.2) is 77.9 Å². The fraction of sp³-hybridized carbons (Fsp3) is 0.267. The molecule has 35 heavy (non-hydrogen) atoms. The van der Waals surface area contributed by atoms with E-state index in [-0.39, 0.29) is 5.56 Å². The average Bonchev–Trinajstić information content (AvgIpc) is 3.46. The molecule has 0 fully saturated rings. The topological polar surface area (TPSA) is 46.9 Å². The molecular formula is C30H27N3OS. The Morgan fingerprint density at radius 3 is 2.51 bits per heavy atom. The van der Waals surface area contributed by atoms with E-state index in [9.17, 15) is 4.79 Å². The Hall–Kier alpha value is -3.28. The minimum Gasteiger partial charge on any atom is -0.310 e. The highest BCUT2D eigenvalue weighted by Crippen LogP contribution is 2.34. The van der Waals surface area contributed by atoms with Gasteiger partial charge >= 0.3 is 0 Å². The van der Waals surface area contributed by atoms with Gasteiger partial charge in [-0.1, -0.05) is 60.7 Å². The minimum atomic E-state index is 0.0957. The maximum atomic E-state index is 13.5. The van der Waals surface area contributed by atoms with Gasteiger partial charge < -0.3 is 5.32 Å². The predicted octanol–water partition coefficient (Wildman–Crippen LogP) is 5.27. The molecule has 2 aliphatic rings. The normalized spacial score (nSPS) is 17.7. The standard InChI is InChI=1S/C30H27N3OS/c34-30-28-26-12-11-24(32-25-14-22-7-3-4-8-23(22)15-25)16-27(26)35-29(28)31-18-33(30)17-19-9-10-20-5-1-2-6-21(20)13-19/h1-10,13,18,24-25,32H,11-12,14-17H2. The summed E-state index contributed by atoms with van der Waals surface area (Å²) in [5.41, 5.74) is 5.43. The van der Waals surface area contributed by atoms with E-state index in [2.05, 4.69) is 72.0 Å². The molecule has 0 aliphatic heterocycles. The number of benzene rings is 3. The Kier molecular flexibility index (Phi) is 5.07. The summed E-state index contributed by atoms with van der Waals surface area (Å²) in [6.07, 6.45) is 6.98. The van der Waals surface area contributed by atoms with Crippen molar-refractivity contribution in [2.24, 2.45) is 0 Å². The summed E-state index contributed by atoms with van der Waals surface area (Å²) >= 11 is 1.72. The van der Waals surface area contributed by atoms with Crippen molar-refractivity contribution in [1.82, 2.24) is 14.9 Å². The van der Waals surface area contributed by atoms with Crippen LogP contribution in [0.25, 0.3) is 21.0 Å². The summed E-state index contributed by atoms with van der Waals surface area (Å²) in [6.45, 7) is 0.545. The summed E-state index contributed by atoms with van der Waals surface area (Å²) in [7, 11) is 0. The van der Waals surface area contributed by atoms with Crippen molar-refractivity contribution in [3.8, 4) is 0 Å². The van der Waals surface area contributed by atoms with E-state index in [0.29, 0.717) is 18.6 Å². The summed E-state index contributed by atoms with van der Waals surface area (Å²) in [4.78, 5) is 20.5. The second-order valence-corrected chi connectivity index (χ2v) is 11.1. The zero-order valence-corrected chi connectivity index (χ0v) is 20.4. The van der Waals surface area contributed by atoms with Crippen molar-refractivity contribution in [1.29, 1.82) is 0 Å². The molecular weight excluding hydrogens is 450 g/mol. The van der Waals surface area contributed by atoms with Crippen molar-refractivity contribution in [2.45, 2.75) is 50.7 Å². The number of nitrogens with zero attached hydrogens (tertiary/aromatic N) is 2. The molecule has 7 rings (SSSR count). The largest absolute Gasteiger partial charge is 0.310 e. The lowest BCUT2D eigenvalue weighted by molar-refractivity contribution is 0.402. The highest BCUT2D eigenvalue weighted by atomic mass is 32.1. The van der Waals surface area contributed by atoms with Gasteiger partial charge in [-0.05, 0) is 71.2 Å². The first-order valence-electron chi connectivity index (χ1n) is 12.5. The molecule has 5 heteroatoms. The van der Waals surface area contributed by atoms with Gasteiger partial charge in [-0.25, -0.2) is 4.98 Å². The van der Waals surface area contributed by atoms with Crippen LogP contribution in [0.1, 0.15) is 33.6 Å². The van der Waals surface area contributed by atoms with E-state index in [0.717, 1.165) is 47.9 Å². The highest BCUT2D eigenvalue weighted by Gasteiger charge is 2.28. The third-order valence-electron chi connectivity index (χ3n) is 7.73. The quantitative estimate of drug-likeness (QED) is 0.383. The van der Waals surface area contributed by atoms with Gasteiger partial charge in [0.15, 0.2) is 0 Å². The van der Waals surface area contributed by atoms with E-state index < -0.39 is 0 Å². The number of nitrogens with one attached hydrogen (secondary N) is 1. The van der Waals surface area contributed by atoms with Crippen LogP contribution >= 0.6 is 11.3 Å². The van der Waals surface area contributed by atoms with Crippen molar-refractivity contribution < 1.29 is 0 Å². The van der Waals surface area contributed by atoms with Crippen molar-refractivity contribution in [3.63, 3.8) is 0 Å². The van der Waals surface area contributed by atoms with Crippen LogP contribution in [0.3, 0.4) is 0 Å². The molecule has 0 spiro atoms. The number of aryl methyl sites for hydroxylation is 1. The van der Waals surface area contributed by atoms with E-state index >= 15 is 0 Å². The number of thiophene rings is 1. The van der Waals surface area contributed by atoms with Crippen LogP contribution in [-0.4, -0.2) is 21.6 Å². The summed E-state index contributed by atoms with van der Waals surface area (Å²) in [6, 6.07) is 24.5. The lowest BCUT2D eigenvalue weighted by Crippen LogP contribution is -2.41. The van der Waals surface area contributed by atoms with Crippen LogP contribution in [0.4, 0.5) is 0 Å². The van der Waals surface area contributed by atoms with Crippen LogP contribution in [0.5, 0.6) is 0 Å². The molecule has 0 saturated carbocycles. The Morgan fingerprint density at radius 2 is 1.69 bits per heavy atom. The van der Waals surface area contributed by atoms with Crippen LogP contribution < -0.4 is 10.9 Å². The van der Waals surface area contributed by atoms with Crippen molar-refractivity contribution in [3.05, 3.63) is 111 Å². The Bertz CT molecular complexity index is 1610. The molecule has 0 radical (unpaired) electrons. The minimum absolute atomic E-state index is 0.0957. The van der Waals surface area contributed by atoms with Gasteiger partial charge in [-0.2, -0.15) is 0 Å². The Morgan fingerprint density at radius 1 is 0.914 bits per heavy atom. The third-order valence-corrected chi connectivity index (χ3v) is 8.89. The van der Waals surface area contributed by atoms with Gasteiger partial charge in [0, 0.05) is 17.0 Å². The Balaban J connectivity index is 1.13. The smallest absolute Gasteiger partial charge is 0.262 e. The third kappa shape index (κ3) is 3.79. The van der Waals surface area contributed by atoms with Crippen molar-refractivity contribution in [2.75, 3.05) is 0 Å². The number of hydrogen-bond acceptors (Lipinski definition) is 4. The van der Waals surface area contributed by atoms with Gasteiger partial charge in [-0.3, -0.25) is 9.36 Å². The molecule has 174 valence electrons. The second kappa shape index (κ2) is 8.43. The number of rotatable bonds is 4. The van der Waals surface area contributed by atoms with Crippen LogP contribution in [0.2, 0.25) is 0 Å². The monoisotopic (exact) mass is 477 g/mol. The van der Waals surface area contributed by atoms with E-state index in [1.165, 1.54) is 32.3 Å². The average molecular weight is 478 g/mol. The van der Waals surface area contributed by atoms with Gasteiger partial charge in [0.2, 0.25) is 0 Å².